The monoisotopic (exact) mass is 332 g/mol. The number of imide groups is 1. The fraction of sp³-hybridized carbons (Fsp3) is 0.556. The predicted molar refractivity (Wildman–Crippen MR) is 89.0 cm³/mol. The van der Waals surface area contributed by atoms with E-state index in [1.54, 1.807) is 32.9 Å². The van der Waals surface area contributed by atoms with Crippen molar-refractivity contribution in [1.29, 1.82) is 0 Å². The Morgan fingerprint density at radius 2 is 1.96 bits per heavy atom. The summed E-state index contributed by atoms with van der Waals surface area (Å²) in [6, 6.07) is 5.46. The number of piperidine rings is 1. The van der Waals surface area contributed by atoms with E-state index in [1.165, 1.54) is 4.90 Å². The molecule has 24 heavy (non-hydrogen) atoms. The van der Waals surface area contributed by atoms with Gasteiger partial charge in [-0.15, -0.1) is 0 Å². The molecule has 0 aromatic heterocycles. The fourth-order valence-corrected chi connectivity index (χ4v) is 3.16. The van der Waals surface area contributed by atoms with Crippen molar-refractivity contribution in [3.8, 4) is 5.75 Å². The average Bonchev–Trinajstić information content (AvgIpc) is 2.47. The number of ether oxygens (including phenoxy) is 2. The van der Waals surface area contributed by atoms with Crippen molar-refractivity contribution >= 4 is 12.0 Å². The number of nitrogens with one attached hydrogen (secondary N) is 1. The van der Waals surface area contributed by atoms with Crippen molar-refractivity contribution in [2.45, 2.75) is 51.9 Å². The highest BCUT2D eigenvalue weighted by atomic mass is 16.6. The Morgan fingerprint density at radius 3 is 2.58 bits per heavy atom. The van der Waals surface area contributed by atoms with E-state index < -0.39 is 17.4 Å². The maximum atomic E-state index is 13.1. The molecule has 0 radical (unpaired) electrons. The zero-order valence-corrected chi connectivity index (χ0v) is 14.6. The molecule has 6 nitrogen and oxygen atoms in total. The zero-order valence-electron chi connectivity index (χ0n) is 14.6. The van der Waals surface area contributed by atoms with Crippen LogP contribution in [0.4, 0.5) is 4.79 Å². The minimum atomic E-state index is -0.979. The molecule has 0 aliphatic carbocycles. The molecule has 1 aromatic carbocycles. The molecule has 1 spiro atoms. The normalized spacial score (nSPS) is 19.7. The molecule has 2 amide bonds. The number of hydrogen-bond donors (Lipinski definition) is 1. The highest BCUT2D eigenvalue weighted by Crippen LogP contribution is 2.39. The third-order valence-corrected chi connectivity index (χ3v) is 4.24. The van der Waals surface area contributed by atoms with E-state index >= 15 is 0 Å². The second-order valence-corrected chi connectivity index (χ2v) is 7.42. The Hall–Kier alpha value is -2.08. The molecule has 2 aliphatic heterocycles. The first-order valence-corrected chi connectivity index (χ1v) is 8.30. The summed E-state index contributed by atoms with van der Waals surface area (Å²) in [5.41, 5.74) is -0.313. The van der Waals surface area contributed by atoms with Gasteiger partial charge in [-0.1, -0.05) is 11.6 Å². The lowest BCUT2D eigenvalue weighted by Crippen LogP contribution is -2.64. The number of benzene rings is 1. The van der Waals surface area contributed by atoms with E-state index in [0.717, 1.165) is 5.56 Å². The van der Waals surface area contributed by atoms with Gasteiger partial charge >= 0.3 is 6.09 Å². The van der Waals surface area contributed by atoms with Gasteiger partial charge in [-0.2, -0.15) is 0 Å². The lowest BCUT2D eigenvalue weighted by Gasteiger charge is -2.47. The Morgan fingerprint density at radius 1 is 1.29 bits per heavy atom. The van der Waals surface area contributed by atoms with E-state index in [9.17, 15) is 9.59 Å². The number of carbonyl (C=O) groups is 2. The molecule has 0 saturated carbocycles. The van der Waals surface area contributed by atoms with Gasteiger partial charge in [0.25, 0.3) is 5.91 Å². The summed E-state index contributed by atoms with van der Waals surface area (Å²) < 4.78 is 11.7. The van der Waals surface area contributed by atoms with Gasteiger partial charge in [0.2, 0.25) is 0 Å². The van der Waals surface area contributed by atoms with E-state index in [0.29, 0.717) is 37.2 Å². The van der Waals surface area contributed by atoms with Crippen LogP contribution in [0.3, 0.4) is 0 Å². The number of fused-ring (bicyclic) bond motifs is 1. The van der Waals surface area contributed by atoms with Crippen molar-refractivity contribution in [1.82, 2.24) is 10.2 Å². The van der Waals surface area contributed by atoms with Gasteiger partial charge in [-0.25, -0.2) is 9.69 Å². The second kappa shape index (κ2) is 5.77. The highest BCUT2D eigenvalue weighted by molar-refractivity contribution is 6.06. The van der Waals surface area contributed by atoms with Crippen LogP contribution in [0.2, 0.25) is 0 Å². The lowest BCUT2D eigenvalue weighted by atomic mass is 9.95. The topological polar surface area (TPSA) is 67.9 Å². The Labute approximate surface area is 142 Å². The smallest absolute Gasteiger partial charge is 0.420 e. The predicted octanol–water partition coefficient (Wildman–Crippen LogP) is 2.84. The minimum absolute atomic E-state index is 0.351. The molecule has 1 N–H and O–H groups in total. The number of amides is 2. The van der Waals surface area contributed by atoms with Gasteiger partial charge in [-0.05, 0) is 39.8 Å². The summed E-state index contributed by atoms with van der Waals surface area (Å²) in [6.07, 6.45) is 0.415. The van der Waals surface area contributed by atoms with Crippen LogP contribution in [0, 0.1) is 6.92 Å². The summed E-state index contributed by atoms with van der Waals surface area (Å²) in [7, 11) is 0. The van der Waals surface area contributed by atoms with Crippen LogP contribution >= 0.6 is 0 Å². The summed E-state index contributed by atoms with van der Waals surface area (Å²) in [5, 5.41) is 3.24. The van der Waals surface area contributed by atoms with Crippen molar-refractivity contribution < 1.29 is 19.1 Å². The van der Waals surface area contributed by atoms with E-state index in [2.05, 4.69) is 5.32 Å². The van der Waals surface area contributed by atoms with Crippen molar-refractivity contribution in [2.75, 3.05) is 13.1 Å². The maximum absolute atomic E-state index is 13.1. The molecule has 0 bridgehead atoms. The number of nitrogens with zero attached hydrogens (tertiary/aromatic N) is 1. The minimum Gasteiger partial charge on any atom is -0.466 e. The molecule has 0 unspecified atom stereocenters. The first-order chi connectivity index (χ1) is 11.2. The van der Waals surface area contributed by atoms with E-state index in [-0.39, 0.29) is 5.91 Å². The Kier molecular flexibility index (Phi) is 4.03. The number of rotatable bonds is 0. The number of carbonyl (C=O) groups excluding carboxylic acids is 2. The second-order valence-electron chi connectivity index (χ2n) is 7.42. The molecule has 1 aromatic rings. The van der Waals surface area contributed by atoms with Crippen molar-refractivity contribution in [2.24, 2.45) is 0 Å². The quantitative estimate of drug-likeness (QED) is 0.791. The van der Waals surface area contributed by atoms with Gasteiger partial charge in [0.05, 0.1) is 5.56 Å². The number of hydrogen-bond acceptors (Lipinski definition) is 5. The van der Waals surface area contributed by atoms with Crippen LogP contribution in [0.5, 0.6) is 5.75 Å². The van der Waals surface area contributed by atoms with E-state index in [1.807, 2.05) is 13.0 Å². The molecular formula is C18H24N2O4. The van der Waals surface area contributed by atoms with Crippen LogP contribution in [-0.4, -0.2) is 41.3 Å². The summed E-state index contributed by atoms with van der Waals surface area (Å²) in [4.78, 5) is 27.1. The molecule has 130 valence electrons. The van der Waals surface area contributed by atoms with E-state index in [4.69, 9.17) is 9.47 Å². The lowest BCUT2D eigenvalue weighted by molar-refractivity contribution is -0.0945. The average molecular weight is 332 g/mol. The fourth-order valence-electron chi connectivity index (χ4n) is 3.16. The largest absolute Gasteiger partial charge is 0.466 e. The highest BCUT2D eigenvalue weighted by Gasteiger charge is 2.52. The molecular weight excluding hydrogens is 308 g/mol. The third kappa shape index (κ3) is 2.98. The first kappa shape index (κ1) is 16.8. The van der Waals surface area contributed by atoms with Crippen LogP contribution in [0.1, 0.15) is 49.5 Å². The van der Waals surface area contributed by atoms with Crippen LogP contribution in [0.15, 0.2) is 18.2 Å². The molecule has 2 heterocycles. The maximum Gasteiger partial charge on any atom is 0.420 e. The molecule has 1 saturated heterocycles. The van der Waals surface area contributed by atoms with Crippen LogP contribution < -0.4 is 10.1 Å². The number of aryl methyl sites for hydroxylation is 1. The van der Waals surface area contributed by atoms with Crippen LogP contribution in [0.25, 0.3) is 0 Å². The molecule has 2 aliphatic rings. The Bertz CT molecular complexity index is 672. The molecule has 1 fully saturated rings. The summed E-state index contributed by atoms with van der Waals surface area (Å²) in [6.45, 7) is 8.61. The molecule has 3 rings (SSSR count). The summed E-state index contributed by atoms with van der Waals surface area (Å²) >= 11 is 0. The van der Waals surface area contributed by atoms with Crippen molar-refractivity contribution in [3.63, 3.8) is 0 Å². The SMILES string of the molecule is Cc1ccc2c(c1)C(=O)N(C(=O)OC(C)(C)C)C1(CCNCC1)O2. The molecule has 0 atom stereocenters. The third-order valence-electron chi connectivity index (χ3n) is 4.24. The molecule has 6 heteroatoms. The van der Waals surface area contributed by atoms with Gasteiger partial charge in [-0.3, -0.25) is 4.79 Å². The first-order valence-electron chi connectivity index (χ1n) is 8.30. The standard InChI is InChI=1S/C18H24N2O4/c1-12-5-6-14-13(11-12)15(21)20(16(22)24-17(2,3)4)18(23-14)7-9-19-10-8-18/h5-6,11,19H,7-10H2,1-4H3. The van der Waals surface area contributed by atoms with Gasteiger partial charge in [0.1, 0.15) is 11.4 Å². The zero-order chi connectivity index (χ0) is 17.5. The van der Waals surface area contributed by atoms with Gasteiger partial charge in [0.15, 0.2) is 5.72 Å². The van der Waals surface area contributed by atoms with Crippen LogP contribution in [-0.2, 0) is 4.74 Å². The summed E-state index contributed by atoms with van der Waals surface area (Å²) in [5.74, 6) is 0.184. The van der Waals surface area contributed by atoms with Crippen molar-refractivity contribution in [3.05, 3.63) is 29.3 Å². The Balaban J connectivity index is 2.04. The van der Waals surface area contributed by atoms with Gasteiger partial charge in [0, 0.05) is 25.9 Å². The van der Waals surface area contributed by atoms with Gasteiger partial charge < -0.3 is 14.8 Å².